The lowest BCUT2D eigenvalue weighted by Crippen LogP contribution is -2.45. The Labute approximate surface area is 113 Å². The van der Waals surface area contributed by atoms with Gasteiger partial charge in [0, 0.05) is 22.6 Å². The second-order valence-corrected chi connectivity index (χ2v) is 6.53. The summed E-state index contributed by atoms with van der Waals surface area (Å²) in [5.74, 6) is 0.157. The van der Waals surface area contributed by atoms with E-state index in [2.05, 4.69) is 22.4 Å². The summed E-state index contributed by atoms with van der Waals surface area (Å²) in [6.07, 6.45) is 3.88. The van der Waals surface area contributed by atoms with E-state index in [1.807, 2.05) is 39.1 Å². The Morgan fingerprint density at radius 3 is 2.58 bits per heavy atom. The van der Waals surface area contributed by atoms with Gasteiger partial charge in [-0.05, 0) is 45.2 Å². The van der Waals surface area contributed by atoms with Crippen LogP contribution in [-0.4, -0.2) is 16.4 Å². The van der Waals surface area contributed by atoms with E-state index in [1.54, 1.807) is 0 Å². The minimum absolute atomic E-state index is 0.157. The van der Waals surface area contributed by atoms with Crippen LogP contribution in [-0.2, 0) is 10.2 Å². The summed E-state index contributed by atoms with van der Waals surface area (Å²) in [5, 5.41) is 4.29. The van der Waals surface area contributed by atoms with Crippen LogP contribution in [0.4, 0.5) is 0 Å². The van der Waals surface area contributed by atoms with Crippen LogP contribution < -0.4 is 5.32 Å². The van der Waals surface area contributed by atoms with E-state index >= 15 is 0 Å². The van der Waals surface area contributed by atoms with Crippen LogP contribution in [0.25, 0.3) is 10.9 Å². The van der Waals surface area contributed by atoms with E-state index in [0.717, 1.165) is 23.9 Å². The standard InChI is InChI=1S/C16H20N2O/c1-15(2,3)18-14(19)16(8-9-16)12-10-17-13-7-5-4-6-11(12)13/h4-7,10,17H,8-9H2,1-3H3,(H,18,19). The molecule has 1 aliphatic carbocycles. The van der Waals surface area contributed by atoms with Gasteiger partial charge in [0.2, 0.25) is 5.91 Å². The number of benzene rings is 1. The minimum Gasteiger partial charge on any atom is -0.361 e. The van der Waals surface area contributed by atoms with Crippen molar-refractivity contribution in [2.24, 2.45) is 0 Å². The van der Waals surface area contributed by atoms with Crippen LogP contribution >= 0.6 is 0 Å². The average Bonchev–Trinajstić information content (AvgIpc) is 3.02. The highest BCUT2D eigenvalue weighted by atomic mass is 16.2. The molecule has 3 nitrogen and oxygen atoms in total. The number of hydrogen-bond acceptors (Lipinski definition) is 1. The van der Waals surface area contributed by atoms with Gasteiger partial charge >= 0.3 is 0 Å². The fraction of sp³-hybridized carbons (Fsp3) is 0.438. The van der Waals surface area contributed by atoms with Gasteiger partial charge in [-0.2, -0.15) is 0 Å². The Morgan fingerprint density at radius 1 is 1.26 bits per heavy atom. The van der Waals surface area contributed by atoms with E-state index in [-0.39, 0.29) is 16.9 Å². The summed E-state index contributed by atoms with van der Waals surface area (Å²) in [4.78, 5) is 15.8. The first-order chi connectivity index (χ1) is 8.92. The maximum absolute atomic E-state index is 12.6. The number of rotatable bonds is 2. The van der Waals surface area contributed by atoms with Crippen LogP contribution in [0.1, 0.15) is 39.2 Å². The quantitative estimate of drug-likeness (QED) is 0.852. The molecule has 1 aliphatic rings. The Bertz CT molecular complexity index is 629. The van der Waals surface area contributed by atoms with Gasteiger partial charge in [-0.15, -0.1) is 0 Å². The highest BCUT2D eigenvalue weighted by Gasteiger charge is 2.53. The molecule has 1 heterocycles. The molecule has 0 aliphatic heterocycles. The van der Waals surface area contributed by atoms with E-state index < -0.39 is 0 Å². The van der Waals surface area contributed by atoms with E-state index in [9.17, 15) is 4.79 Å². The third-order valence-corrected chi connectivity index (χ3v) is 3.78. The maximum atomic E-state index is 12.6. The van der Waals surface area contributed by atoms with Gasteiger partial charge in [-0.1, -0.05) is 18.2 Å². The van der Waals surface area contributed by atoms with Crippen molar-refractivity contribution in [2.75, 3.05) is 0 Å². The van der Waals surface area contributed by atoms with E-state index in [1.165, 1.54) is 5.39 Å². The van der Waals surface area contributed by atoms with Gasteiger partial charge in [0.15, 0.2) is 0 Å². The first-order valence-electron chi connectivity index (χ1n) is 6.82. The predicted octanol–water partition coefficient (Wildman–Crippen LogP) is 3.11. The van der Waals surface area contributed by atoms with Crippen LogP contribution in [0.2, 0.25) is 0 Å². The molecule has 1 aromatic carbocycles. The van der Waals surface area contributed by atoms with Crippen molar-refractivity contribution in [3.05, 3.63) is 36.0 Å². The number of carbonyl (C=O) groups excluding carboxylic acids is 1. The molecule has 3 rings (SSSR count). The normalized spacial score (nSPS) is 17.4. The molecule has 2 aromatic rings. The third-order valence-electron chi connectivity index (χ3n) is 3.78. The van der Waals surface area contributed by atoms with Crippen molar-refractivity contribution in [2.45, 2.75) is 44.6 Å². The molecule has 1 amide bonds. The van der Waals surface area contributed by atoms with Crippen molar-refractivity contribution in [1.82, 2.24) is 10.3 Å². The number of carbonyl (C=O) groups is 1. The van der Waals surface area contributed by atoms with Crippen LogP contribution in [0.3, 0.4) is 0 Å². The van der Waals surface area contributed by atoms with E-state index in [4.69, 9.17) is 0 Å². The van der Waals surface area contributed by atoms with Crippen molar-refractivity contribution < 1.29 is 4.79 Å². The lowest BCUT2D eigenvalue weighted by atomic mass is 9.93. The molecule has 100 valence electrons. The molecule has 0 unspecified atom stereocenters. The average molecular weight is 256 g/mol. The molecule has 1 aromatic heterocycles. The van der Waals surface area contributed by atoms with Crippen molar-refractivity contribution in [3.8, 4) is 0 Å². The molecule has 0 spiro atoms. The van der Waals surface area contributed by atoms with Gasteiger partial charge in [0.05, 0.1) is 5.41 Å². The smallest absolute Gasteiger partial charge is 0.231 e. The maximum Gasteiger partial charge on any atom is 0.231 e. The van der Waals surface area contributed by atoms with Crippen molar-refractivity contribution in [3.63, 3.8) is 0 Å². The van der Waals surface area contributed by atoms with Gasteiger partial charge < -0.3 is 10.3 Å². The Morgan fingerprint density at radius 2 is 1.95 bits per heavy atom. The number of hydrogen-bond donors (Lipinski definition) is 2. The number of nitrogens with one attached hydrogen (secondary N) is 2. The Kier molecular flexibility index (Phi) is 2.49. The largest absolute Gasteiger partial charge is 0.361 e. The molecule has 0 bridgehead atoms. The number of para-hydroxylation sites is 1. The van der Waals surface area contributed by atoms with Crippen LogP contribution in [0.15, 0.2) is 30.5 Å². The molecule has 0 atom stereocenters. The zero-order valence-electron chi connectivity index (χ0n) is 11.7. The molecule has 0 saturated heterocycles. The Hall–Kier alpha value is -1.77. The zero-order chi connectivity index (χ0) is 13.7. The Balaban J connectivity index is 1.99. The van der Waals surface area contributed by atoms with E-state index in [0.29, 0.717) is 0 Å². The summed E-state index contributed by atoms with van der Waals surface area (Å²) in [6, 6.07) is 8.18. The molecule has 2 N–H and O–H groups in total. The van der Waals surface area contributed by atoms with Crippen LogP contribution in [0.5, 0.6) is 0 Å². The summed E-state index contributed by atoms with van der Waals surface area (Å²) >= 11 is 0. The third kappa shape index (κ3) is 2.03. The highest BCUT2D eigenvalue weighted by Crippen LogP contribution is 2.50. The molecular weight excluding hydrogens is 236 g/mol. The van der Waals surface area contributed by atoms with Crippen LogP contribution in [0, 0.1) is 0 Å². The first-order valence-corrected chi connectivity index (χ1v) is 6.82. The van der Waals surface area contributed by atoms with Gasteiger partial charge in [0.1, 0.15) is 0 Å². The van der Waals surface area contributed by atoms with Gasteiger partial charge in [-0.3, -0.25) is 4.79 Å². The second kappa shape index (κ2) is 3.86. The van der Waals surface area contributed by atoms with Gasteiger partial charge in [0.25, 0.3) is 0 Å². The predicted molar refractivity (Wildman–Crippen MR) is 77.1 cm³/mol. The van der Waals surface area contributed by atoms with Crippen molar-refractivity contribution >= 4 is 16.8 Å². The summed E-state index contributed by atoms with van der Waals surface area (Å²) in [5.41, 5.74) is 1.75. The fourth-order valence-corrected chi connectivity index (χ4v) is 2.67. The number of fused-ring (bicyclic) bond motifs is 1. The molecule has 0 radical (unpaired) electrons. The molecule has 19 heavy (non-hydrogen) atoms. The number of H-pyrrole nitrogens is 1. The number of amides is 1. The SMILES string of the molecule is CC(C)(C)NC(=O)C1(c2c[nH]c3ccccc23)CC1. The molecular formula is C16H20N2O. The monoisotopic (exact) mass is 256 g/mol. The topological polar surface area (TPSA) is 44.9 Å². The fourth-order valence-electron chi connectivity index (χ4n) is 2.67. The second-order valence-electron chi connectivity index (χ2n) is 6.53. The number of aromatic amines is 1. The minimum atomic E-state index is -0.313. The summed E-state index contributed by atoms with van der Waals surface area (Å²) in [7, 11) is 0. The molecule has 1 saturated carbocycles. The lowest BCUT2D eigenvalue weighted by Gasteiger charge is -2.24. The summed E-state index contributed by atoms with van der Waals surface area (Å²) in [6.45, 7) is 6.07. The zero-order valence-corrected chi connectivity index (χ0v) is 11.7. The number of aromatic nitrogens is 1. The molecule has 3 heteroatoms. The first kappa shape index (κ1) is 12.3. The summed E-state index contributed by atoms with van der Waals surface area (Å²) < 4.78 is 0. The molecule has 1 fully saturated rings. The highest BCUT2D eigenvalue weighted by molar-refractivity contribution is 5.97. The van der Waals surface area contributed by atoms with Crippen molar-refractivity contribution in [1.29, 1.82) is 0 Å². The van der Waals surface area contributed by atoms with Gasteiger partial charge in [-0.25, -0.2) is 0 Å². The lowest BCUT2D eigenvalue weighted by molar-refractivity contribution is -0.125.